The smallest absolute Gasteiger partial charge is 0.270 e. The van der Waals surface area contributed by atoms with Gasteiger partial charge in [0.05, 0.1) is 20.0 Å². The van der Waals surface area contributed by atoms with E-state index in [4.69, 9.17) is 11.6 Å². The number of halogens is 1. The molecule has 0 radical (unpaired) electrons. The van der Waals surface area contributed by atoms with Crippen molar-refractivity contribution in [3.63, 3.8) is 0 Å². The fourth-order valence-electron chi connectivity index (χ4n) is 3.62. The molecule has 0 atom stereocenters. The molecule has 0 aliphatic carbocycles. The second-order valence-electron chi connectivity index (χ2n) is 7.80. The monoisotopic (exact) mass is 523 g/mol. The summed E-state index contributed by atoms with van der Waals surface area (Å²) in [4.78, 5) is 31.7. The molecule has 2 aromatic carbocycles. The molecule has 0 saturated carbocycles. The summed E-state index contributed by atoms with van der Waals surface area (Å²) in [5, 5.41) is 14.9. The lowest BCUT2D eigenvalue weighted by Crippen LogP contribution is -2.48. The highest BCUT2D eigenvalue weighted by molar-refractivity contribution is 7.92. The quantitative estimate of drug-likeness (QED) is 0.352. The highest BCUT2D eigenvalue weighted by Gasteiger charge is 2.22. The minimum Gasteiger partial charge on any atom is -0.354 e. The number of amides is 1. The number of nitro groups is 1. The average Bonchev–Trinajstić information content (AvgIpc) is 3.23. The van der Waals surface area contributed by atoms with Crippen molar-refractivity contribution in [3.05, 3.63) is 57.6 Å². The number of fused-ring (bicyclic) bond motifs is 1. The van der Waals surface area contributed by atoms with E-state index in [0.29, 0.717) is 18.1 Å². The summed E-state index contributed by atoms with van der Waals surface area (Å²) in [7, 11) is -3.72. The Bertz CT molecular complexity index is 1300. The summed E-state index contributed by atoms with van der Waals surface area (Å²) in [6.45, 7) is 3.94. The van der Waals surface area contributed by atoms with Crippen molar-refractivity contribution < 1.29 is 18.1 Å². The molecule has 1 aromatic heterocycles. The first-order chi connectivity index (χ1) is 16.2. The number of non-ortho nitro benzene ring substituents is 1. The van der Waals surface area contributed by atoms with Gasteiger partial charge < -0.3 is 10.2 Å². The molecule has 1 aliphatic rings. The number of carbonyl (C=O) groups is 1. The molecule has 1 saturated heterocycles. The topological polar surface area (TPSA) is 126 Å². The molecule has 1 amide bonds. The lowest BCUT2D eigenvalue weighted by molar-refractivity contribution is -0.384. The summed E-state index contributed by atoms with van der Waals surface area (Å²) in [6.07, 6.45) is 0. The van der Waals surface area contributed by atoms with Crippen LogP contribution in [0.1, 0.15) is 0 Å². The third-order valence-electron chi connectivity index (χ3n) is 5.46. The Morgan fingerprint density at radius 2 is 1.85 bits per heavy atom. The summed E-state index contributed by atoms with van der Waals surface area (Å²) >= 11 is 7.21. The normalized spacial score (nSPS) is 14.9. The van der Waals surface area contributed by atoms with Crippen molar-refractivity contribution in [2.45, 2.75) is 4.90 Å². The van der Waals surface area contributed by atoms with Gasteiger partial charge in [-0.3, -0.25) is 19.8 Å². The lowest BCUT2D eigenvalue weighted by atomic mass is 10.3. The van der Waals surface area contributed by atoms with Crippen LogP contribution in [0.2, 0.25) is 5.02 Å². The fraction of sp³-hybridized carbons (Fsp3) is 0.333. The van der Waals surface area contributed by atoms with Crippen LogP contribution in [0.25, 0.3) is 10.2 Å². The molecule has 4 rings (SSSR count). The molecule has 0 spiro atoms. The number of hydrogen-bond donors (Lipinski definition) is 1. The maximum absolute atomic E-state index is 12.3. The summed E-state index contributed by atoms with van der Waals surface area (Å²) < 4.78 is 25.5. The maximum Gasteiger partial charge on any atom is 0.270 e. The van der Waals surface area contributed by atoms with E-state index in [-0.39, 0.29) is 10.6 Å². The molecule has 180 valence electrons. The number of piperazine rings is 1. The highest BCUT2D eigenvalue weighted by Crippen LogP contribution is 2.31. The largest absolute Gasteiger partial charge is 0.354 e. The highest BCUT2D eigenvalue weighted by atomic mass is 35.5. The van der Waals surface area contributed by atoms with E-state index in [1.165, 1.54) is 41.7 Å². The summed E-state index contributed by atoms with van der Waals surface area (Å²) in [5.41, 5.74) is 0.792. The third kappa shape index (κ3) is 5.81. The predicted octanol–water partition coefficient (Wildman–Crippen LogP) is 2.57. The van der Waals surface area contributed by atoms with Crippen molar-refractivity contribution in [2.24, 2.45) is 0 Å². The zero-order valence-electron chi connectivity index (χ0n) is 18.0. The molecule has 1 N–H and O–H groups in total. The maximum atomic E-state index is 12.3. The Morgan fingerprint density at radius 3 is 2.53 bits per heavy atom. The fourth-order valence-corrected chi connectivity index (χ4v) is 5.96. The van der Waals surface area contributed by atoms with Crippen LogP contribution in [0.4, 0.5) is 10.8 Å². The Labute approximate surface area is 205 Å². The van der Waals surface area contributed by atoms with E-state index in [1.54, 1.807) is 12.1 Å². The van der Waals surface area contributed by atoms with E-state index >= 15 is 0 Å². The van der Waals surface area contributed by atoms with E-state index < -0.39 is 26.4 Å². The van der Waals surface area contributed by atoms with Gasteiger partial charge in [-0.2, -0.15) is 0 Å². The number of rotatable bonds is 8. The number of nitrogens with one attached hydrogen (secondary N) is 1. The van der Waals surface area contributed by atoms with Crippen LogP contribution in [-0.4, -0.2) is 74.2 Å². The number of nitro benzene ring substituents is 1. The SMILES string of the molecule is O=C(CS(=O)(=O)c1ccc(Cl)cc1)NCCN1CCN(c2nc3ccc([N+](=O)[O-])cc3s2)CC1. The van der Waals surface area contributed by atoms with Gasteiger partial charge >= 0.3 is 0 Å². The minimum atomic E-state index is -3.72. The van der Waals surface area contributed by atoms with E-state index in [1.807, 2.05) is 0 Å². The Morgan fingerprint density at radius 1 is 1.15 bits per heavy atom. The number of sulfone groups is 1. The molecule has 13 heteroatoms. The minimum absolute atomic E-state index is 0.0514. The summed E-state index contributed by atoms with van der Waals surface area (Å²) in [6, 6.07) is 10.4. The van der Waals surface area contributed by atoms with Gasteiger partial charge in [0.1, 0.15) is 5.75 Å². The van der Waals surface area contributed by atoms with Crippen LogP contribution < -0.4 is 10.2 Å². The first kappa shape index (κ1) is 24.3. The zero-order chi connectivity index (χ0) is 24.3. The van der Waals surface area contributed by atoms with Gasteiger partial charge in [-0.05, 0) is 30.3 Å². The number of aromatic nitrogens is 1. The van der Waals surface area contributed by atoms with Crippen molar-refractivity contribution in [1.82, 2.24) is 15.2 Å². The molecule has 10 nitrogen and oxygen atoms in total. The molecule has 0 unspecified atom stereocenters. The van der Waals surface area contributed by atoms with E-state index in [2.05, 4.69) is 20.1 Å². The van der Waals surface area contributed by atoms with Crippen molar-refractivity contribution in [3.8, 4) is 0 Å². The molecule has 34 heavy (non-hydrogen) atoms. The number of anilines is 1. The lowest BCUT2D eigenvalue weighted by Gasteiger charge is -2.34. The van der Waals surface area contributed by atoms with Crippen LogP contribution >= 0.6 is 22.9 Å². The van der Waals surface area contributed by atoms with Crippen LogP contribution in [0.5, 0.6) is 0 Å². The van der Waals surface area contributed by atoms with Crippen LogP contribution in [0.15, 0.2) is 47.4 Å². The molecule has 1 fully saturated rings. The Hall–Kier alpha value is -2.80. The van der Waals surface area contributed by atoms with Crippen LogP contribution in [0.3, 0.4) is 0 Å². The number of benzene rings is 2. The molecule has 0 bridgehead atoms. The first-order valence-electron chi connectivity index (χ1n) is 10.5. The van der Waals surface area contributed by atoms with Crippen molar-refractivity contribution in [1.29, 1.82) is 0 Å². The molecule has 1 aliphatic heterocycles. The van der Waals surface area contributed by atoms with Gasteiger partial charge in [0.25, 0.3) is 5.69 Å². The van der Waals surface area contributed by atoms with Gasteiger partial charge in [-0.15, -0.1) is 0 Å². The molecule has 3 aromatic rings. The third-order valence-corrected chi connectivity index (χ3v) is 8.42. The standard InChI is InChI=1S/C21H22ClN5O5S2/c22-15-1-4-17(5-2-15)34(31,32)14-20(28)23-7-8-25-9-11-26(12-10-25)21-24-18-6-3-16(27(29)30)13-19(18)33-21/h1-6,13H,7-12,14H2,(H,23,28). The van der Waals surface area contributed by atoms with Crippen LogP contribution in [0, 0.1) is 10.1 Å². The molecule has 2 heterocycles. The van der Waals surface area contributed by atoms with Gasteiger partial charge in [-0.1, -0.05) is 22.9 Å². The number of carbonyl (C=O) groups excluding carboxylic acids is 1. The predicted molar refractivity (Wildman–Crippen MR) is 131 cm³/mol. The first-order valence-corrected chi connectivity index (χ1v) is 13.3. The molecular weight excluding hydrogens is 502 g/mol. The Balaban J connectivity index is 1.23. The second kappa shape index (κ2) is 10.2. The Kier molecular flexibility index (Phi) is 7.31. The van der Waals surface area contributed by atoms with E-state index in [0.717, 1.165) is 41.5 Å². The number of hydrogen-bond acceptors (Lipinski definition) is 9. The summed E-state index contributed by atoms with van der Waals surface area (Å²) in [5.74, 6) is -1.16. The van der Waals surface area contributed by atoms with Gasteiger partial charge in [-0.25, -0.2) is 13.4 Å². The van der Waals surface area contributed by atoms with E-state index in [9.17, 15) is 23.3 Å². The number of nitrogens with zero attached hydrogens (tertiary/aromatic N) is 4. The van der Waals surface area contributed by atoms with Gasteiger partial charge in [0.2, 0.25) is 5.91 Å². The van der Waals surface area contributed by atoms with Gasteiger partial charge in [0, 0.05) is 56.4 Å². The zero-order valence-corrected chi connectivity index (χ0v) is 20.4. The molecular formula is C21H22ClN5O5S2. The van der Waals surface area contributed by atoms with Gasteiger partial charge in [0.15, 0.2) is 15.0 Å². The number of thiazole rings is 1. The average molecular weight is 524 g/mol. The van der Waals surface area contributed by atoms with Crippen molar-refractivity contribution in [2.75, 3.05) is 49.9 Å². The van der Waals surface area contributed by atoms with Crippen LogP contribution in [-0.2, 0) is 14.6 Å². The second-order valence-corrected chi connectivity index (χ2v) is 11.2. The van der Waals surface area contributed by atoms with Crippen molar-refractivity contribution >= 4 is 59.7 Å².